The topological polar surface area (TPSA) is 99.1 Å². The number of halogens is 1. The average molecular weight is 435 g/mol. The second kappa shape index (κ2) is 7.61. The maximum absolute atomic E-state index is 14.2. The van der Waals surface area contributed by atoms with E-state index >= 15 is 0 Å². The zero-order chi connectivity index (χ0) is 22.3. The van der Waals surface area contributed by atoms with Crippen LogP contribution in [0.25, 0.3) is 32.5 Å². The Morgan fingerprint density at radius 2 is 1.97 bits per heavy atom. The highest BCUT2D eigenvalue weighted by Gasteiger charge is 2.22. The normalized spacial score (nSPS) is 11.6. The molecule has 0 amide bonds. The van der Waals surface area contributed by atoms with Crippen molar-refractivity contribution in [2.75, 3.05) is 6.61 Å². The molecular weight excluding hydrogens is 417 g/mol. The molecule has 2 aromatic carbocycles. The van der Waals surface area contributed by atoms with E-state index in [-0.39, 0.29) is 17.0 Å². The van der Waals surface area contributed by atoms with E-state index in [9.17, 15) is 19.4 Å². The number of benzene rings is 2. The Morgan fingerprint density at radius 3 is 2.61 bits per heavy atom. The first-order chi connectivity index (χ1) is 14.7. The van der Waals surface area contributed by atoms with Crippen molar-refractivity contribution in [2.24, 2.45) is 0 Å². The second-order valence-corrected chi connectivity index (χ2v) is 8.84. The maximum atomic E-state index is 14.2. The first kappa shape index (κ1) is 20.7. The Morgan fingerprint density at radius 1 is 1.23 bits per heavy atom. The Kier molecular flexibility index (Phi) is 5.09. The van der Waals surface area contributed by atoms with Gasteiger partial charge in [-0.25, -0.2) is 9.18 Å². The minimum atomic E-state index is -1.06. The summed E-state index contributed by atoms with van der Waals surface area (Å²) in [6.07, 6.45) is 1.84. The van der Waals surface area contributed by atoms with Crippen LogP contribution in [-0.4, -0.2) is 32.6 Å². The number of carbonyl (C=O) groups is 1. The lowest BCUT2D eigenvalue weighted by Gasteiger charge is -2.21. The quantitative estimate of drug-likeness (QED) is 0.466. The number of rotatable bonds is 5. The van der Waals surface area contributed by atoms with Gasteiger partial charge >= 0.3 is 5.97 Å². The summed E-state index contributed by atoms with van der Waals surface area (Å²) in [5.74, 6) is -1.72. The average Bonchev–Trinajstić information content (AvgIpc) is 3.38. The van der Waals surface area contributed by atoms with Crippen LogP contribution in [0, 0.1) is 17.1 Å². The fraction of sp³-hybridized carbons (Fsp3) is 0.174. The monoisotopic (exact) mass is 435 g/mol. The smallest absolute Gasteiger partial charge is 0.345 e. The van der Waals surface area contributed by atoms with Crippen molar-refractivity contribution >= 4 is 28.2 Å². The van der Waals surface area contributed by atoms with Crippen LogP contribution in [-0.2, 0) is 5.54 Å². The number of aliphatic hydroxyl groups is 1. The maximum Gasteiger partial charge on any atom is 0.345 e. The first-order valence-electron chi connectivity index (χ1n) is 9.42. The summed E-state index contributed by atoms with van der Waals surface area (Å²) in [7, 11) is 0. The van der Waals surface area contributed by atoms with Crippen LogP contribution in [0.3, 0.4) is 0 Å². The molecule has 0 saturated carbocycles. The Balaban J connectivity index is 1.87. The lowest BCUT2D eigenvalue weighted by atomic mass is 10.00. The van der Waals surface area contributed by atoms with E-state index in [4.69, 9.17) is 5.26 Å². The Hall–Kier alpha value is -3.54. The highest BCUT2D eigenvalue weighted by molar-refractivity contribution is 7.18. The van der Waals surface area contributed by atoms with E-state index in [1.807, 2.05) is 38.2 Å². The minimum Gasteiger partial charge on any atom is -0.477 e. The van der Waals surface area contributed by atoms with Crippen molar-refractivity contribution in [3.05, 3.63) is 64.9 Å². The first-order valence-corrected chi connectivity index (χ1v) is 10.2. The molecule has 156 valence electrons. The van der Waals surface area contributed by atoms with Crippen LogP contribution in [0.5, 0.6) is 0 Å². The van der Waals surface area contributed by atoms with Crippen LogP contribution >= 0.6 is 11.3 Å². The molecule has 8 heteroatoms. The van der Waals surface area contributed by atoms with Crippen LogP contribution in [0.4, 0.5) is 4.39 Å². The SMILES string of the molecule is CC(C)(CO)n1cc2cc(-c3sc(C(=O)O)cc3-c3ccc(C#N)c(F)c3)ccc2n1. The molecule has 0 radical (unpaired) electrons. The van der Waals surface area contributed by atoms with Gasteiger partial charge in [0.15, 0.2) is 0 Å². The molecule has 0 saturated heterocycles. The standard InChI is InChI=1S/C23H18FN3O3S/c1-23(2,12-28)27-11-16-7-14(5-6-19(16)26-27)21-17(9-20(31-21)22(29)30)13-3-4-15(10-25)18(24)8-13/h3-9,11,28H,12H2,1-2H3,(H,29,30). The molecule has 0 spiro atoms. The van der Waals surface area contributed by atoms with Gasteiger partial charge in [-0.2, -0.15) is 10.4 Å². The summed E-state index contributed by atoms with van der Waals surface area (Å²) in [5, 5.41) is 33.5. The molecule has 2 aromatic heterocycles. The molecule has 31 heavy (non-hydrogen) atoms. The summed E-state index contributed by atoms with van der Waals surface area (Å²) < 4.78 is 15.9. The van der Waals surface area contributed by atoms with Gasteiger partial charge in [-0.3, -0.25) is 4.68 Å². The largest absolute Gasteiger partial charge is 0.477 e. The van der Waals surface area contributed by atoms with Crippen molar-refractivity contribution in [3.8, 4) is 27.6 Å². The fourth-order valence-electron chi connectivity index (χ4n) is 3.25. The van der Waals surface area contributed by atoms with Gasteiger partial charge in [-0.05, 0) is 55.3 Å². The number of fused-ring (bicyclic) bond motifs is 1. The number of aliphatic hydroxyl groups excluding tert-OH is 1. The fourth-order valence-corrected chi connectivity index (χ4v) is 4.26. The number of hydrogen-bond donors (Lipinski definition) is 2. The predicted molar refractivity (Wildman–Crippen MR) is 117 cm³/mol. The van der Waals surface area contributed by atoms with Crippen molar-refractivity contribution in [2.45, 2.75) is 19.4 Å². The molecule has 2 heterocycles. The number of carboxylic acid groups (broad SMARTS) is 1. The van der Waals surface area contributed by atoms with Crippen molar-refractivity contribution < 1.29 is 19.4 Å². The second-order valence-electron chi connectivity index (χ2n) is 7.78. The summed E-state index contributed by atoms with van der Waals surface area (Å²) in [5.41, 5.74) is 1.95. The number of aromatic carboxylic acids is 1. The number of hydrogen-bond acceptors (Lipinski definition) is 5. The molecule has 0 aliphatic rings. The third kappa shape index (κ3) is 3.69. The van der Waals surface area contributed by atoms with E-state index in [1.165, 1.54) is 18.2 Å². The Bertz CT molecular complexity index is 1360. The zero-order valence-electron chi connectivity index (χ0n) is 16.8. The number of nitriles is 1. The van der Waals surface area contributed by atoms with E-state index < -0.39 is 17.3 Å². The van der Waals surface area contributed by atoms with E-state index in [0.717, 1.165) is 27.8 Å². The number of nitrogens with zero attached hydrogens (tertiary/aromatic N) is 3. The molecule has 4 rings (SSSR count). The molecule has 0 fully saturated rings. The molecular formula is C23H18FN3O3S. The molecule has 4 aromatic rings. The highest BCUT2D eigenvalue weighted by Crippen LogP contribution is 2.40. The van der Waals surface area contributed by atoms with Gasteiger partial charge in [0.1, 0.15) is 16.8 Å². The van der Waals surface area contributed by atoms with Crippen molar-refractivity contribution in [1.29, 1.82) is 5.26 Å². The number of aromatic nitrogens is 2. The van der Waals surface area contributed by atoms with Gasteiger partial charge in [0.2, 0.25) is 0 Å². The molecule has 0 atom stereocenters. The third-order valence-electron chi connectivity index (χ3n) is 5.12. The van der Waals surface area contributed by atoms with E-state index in [0.29, 0.717) is 16.0 Å². The van der Waals surface area contributed by atoms with Gasteiger partial charge < -0.3 is 10.2 Å². The van der Waals surface area contributed by atoms with E-state index in [2.05, 4.69) is 5.10 Å². The highest BCUT2D eigenvalue weighted by atomic mass is 32.1. The number of thiophene rings is 1. The van der Waals surface area contributed by atoms with Crippen molar-refractivity contribution in [3.63, 3.8) is 0 Å². The van der Waals surface area contributed by atoms with Gasteiger partial charge in [0, 0.05) is 22.0 Å². The van der Waals surface area contributed by atoms with E-state index in [1.54, 1.807) is 16.8 Å². The van der Waals surface area contributed by atoms with Crippen LogP contribution < -0.4 is 0 Å². The molecule has 0 aliphatic heterocycles. The molecule has 6 nitrogen and oxygen atoms in total. The summed E-state index contributed by atoms with van der Waals surface area (Å²) in [4.78, 5) is 12.4. The molecule has 0 bridgehead atoms. The van der Waals surface area contributed by atoms with Crippen LogP contribution in [0.1, 0.15) is 29.1 Å². The minimum absolute atomic E-state index is 0.0701. The van der Waals surface area contributed by atoms with Gasteiger partial charge in [-0.1, -0.05) is 12.1 Å². The lowest BCUT2D eigenvalue weighted by molar-refractivity contribution is 0.0702. The summed E-state index contributed by atoms with van der Waals surface area (Å²) >= 11 is 1.10. The summed E-state index contributed by atoms with van der Waals surface area (Å²) in [6.45, 7) is 3.67. The van der Waals surface area contributed by atoms with Crippen LogP contribution in [0.15, 0.2) is 48.7 Å². The van der Waals surface area contributed by atoms with Gasteiger partial charge in [0.25, 0.3) is 0 Å². The van der Waals surface area contributed by atoms with Gasteiger partial charge in [0.05, 0.1) is 23.2 Å². The molecule has 0 unspecified atom stereocenters. The molecule has 0 aliphatic carbocycles. The third-order valence-corrected chi connectivity index (χ3v) is 6.29. The van der Waals surface area contributed by atoms with Crippen LogP contribution in [0.2, 0.25) is 0 Å². The molecule has 2 N–H and O–H groups in total. The number of carboxylic acids is 1. The predicted octanol–water partition coefficient (Wildman–Crippen LogP) is 4.87. The van der Waals surface area contributed by atoms with Crippen molar-refractivity contribution in [1.82, 2.24) is 9.78 Å². The summed E-state index contributed by atoms with van der Waals surface area (Å²) in [6, 6.07) is 13.1. The Labute approximate surface area is 181 Å². The van der Waals surface area contributed by atoms with Gasteiger partial charge in [-0.15, -0.1) is 11.3 Å². The zero-order valence-corrected chi connectivity index (χ0v) is 17.6. The lowest BCUT2D eigenvalue weighted by Crippen LogP contribution is -2.30.